The highest BCUT2D eigenvalue weighted by molar-refractivity contribution is 6.25. The van der Waals surface area contributed by atoms with Gasteiger partial charge in [-0.2, -0.15) is 0 Å². The van der Waals surface area contributed by atoms with Crippen molar-refractivity contribution < 1.29 is 43.4 Å². The van der Waals surface area contributed by atoms with E-state index in [9.17, 15) is 28.8 Å². The molecule has 5 N–H and O–H groups in total. The number of fused-ring (bicyclic) bond motifs is 2. The third-order valence-electron chi connectivity index (χ3n) is 8.60. The predicted octanol–water partition coefficient (Wildman–Crippen LogP) is 2.68. The zero-order valence-electron chi connectivity index (χ0n) is 27.5. The van der Waals surface area contributed by atoms with Gasteiger partial charge in [0.05, 0.1) is 44.0 Å². The maximum absolute atomic E-state index is 13.2. The Morgan fingerprint density at radius 3 is 2.45 bits per heavy atom. The van der Waals surface area contributed by atoms with Crippen molar-refractivity contribution in [3.63, 3.8) is 0 Å². The molecule has 2 aliphatic rings. The van der Waals surface area contributed by atoms with Crippen LogP contribution in [0.3, 0.4) is 0 Å². The van der Waals surface area contributed by atoms with Gasteiger partial charge in [-0.15, -0.1) is 0 Å². The van der Waals surface area contributed by atoms with Crippen molar-refractivity contribution in [1.29, 1.82) is 0 Å². The van der Waals surface area contributed by atoms with Crippen LogP contribution in [0.4, 0.5) is 11.4 Å². The third-order valence-corrected chi connectivity index (χ3v) is 8.60. The van der Waals surface area contributed by atoms with Crippen LogP contribution in [0, 0.1) is 0 Å². The SMILES string of the molecule is O=C1CCC(N2C(=O)c3cccc(NCCOCCOCCC(=O)Nc4ccc(Cn5ccc6ccc(C(=O)NO)cc65)cc4)c3C2=O)C(=O)N1. The summed E-state index contributed by atoms with van der Waals surface area (Å²) in [6.07, 6.45) is 2.21. The van der Waals surface area contributed by atoms with Crippen LogP contribution in [0.15, 0.2) is 72.9 Å². The zero-order chi connectivity index (χ0) is 35.9. The fourth-order valence-electron chi connectivity index (χ4n) is 6.05. The molecule has 3 heterocycles. The molecule has 6 amide bonds. The quantitative estimate of drug-likeness (QED) is 0.0533. The fraction of sp³-hybridized carbons (Fsp3) is 0.278. The number of carbonyl (C=O) groups excluding carboxylic acids is 6. The van der Waals surface area contributed by atoms with Gasteiger partial charge in [-0.3, -0.25) is 44.2 Å². The Hall–Kier alpha value is -5.90. The van der Waals surface area contributed by atoms with Crippen LogP contribution in [-0.2, 0) is 30.4 Å². The Kier molecular flexibility index (Phi) is 10.8. The summed E-state index contributed by atoms with van der Waals surface area (Å²) in [5, 5.41) is 18.1. The number of aromatic nitrogens is 1. The standard InChI is InChI=1S/C36H36N6O9/c43-30-11-10-28(34(46)39-30)42-35(47)26-2-1-3-27(32(26)36(42)48)37-14-17-51-19-18-50-16-13-31(44)38-25-8-4-22(5-9-25)21-41-15-12-23-6-7-24(20-29(23)41)33(45)40-49/h1-9,12,15,20,28,37,49H,10-11,13-14,16-19,21H2,(H,38,44)(H,40,45)(H,39,43,46). The Labute approximate surface area is 291 Å². The number of piperidine rings is 1. The Morgan fingerprint density at radius 1 is 0.902 bits per heavy atom. The maximum atomic E-state index is 13.2. The van der Waals surface area contributed by atoms with E-state index in [1.807, 2.05) is 47.2 Å². The number of amides is 6. The monoisotopic (exact) mass is 696 g/mol. The van der Waals surface area contributed by atoms with E-state index in [1.54, 1.807) is 29.7 Å². The molecule has 3 aromatic carbocycles. The number of nitrogens with one attached hydrogen (secondary N) is 4. The lowest BCUT2D eigenvalue weighted by Gasteiger charge is -2.27. The summed E-state index contributed by atoms with van der Waals surface area (Å²) in [5.41, 5.74) is 5.32. The first-order valence-corrected chi connectivity index (χ1v) is 16.4. The molecule has 51 heavy (non-hydrogen) atoms. The molecule has 0 aliphatic carbocycles. The number of benzene rings is 3. The van der Waals surface area contributed by atoms with Crippen molar-refractivity contribution in [2.24, 2.45) is 0 Å². The van der Waals surface area contributed by atoms with Crippen molar-refractivity contribution in [3.05, 3.63) is 95.2 Å². The fourth-order valence-corrected chi connectivity index (χ4v) is 6.05. The molecule has 4 aromatic rings. The lowest BCUT2D eigenvalue weighted by Crippen LogP contribution is -2.54. The smallest absolute Gasteiger partial charge is 0.274 e. The number of hydroxylamine groups is 1. The van der Waals surface area contributed by atoms with Crippen LogP contribution in [0.5, 0.6) is 0 Å². The first kappa shape index (κ1) is 34.9. The van der Waals surface area contributed by atoms with E-state index in [-0.39, 0.29) is 62.7 Å². The molecule has 15 heteroatoms. The molecule has 1 fully saturated rings. The van der Waals surface area contributed by atoms with Gasteiger partial charge in [0.15, 0.2) is 0 Å². The van der Waals surface area contributed by atoms with Gasteiger partial charge in [-0.05, 0) is 59.8 Å². The van der Waals surface area contributed by atoms with Crippen LogP contribution >= 0.6 is 0 Å². The van der Waals surface area contributed by atoms with Crippen LogP contribution in [0.25, 0.3) is 10.9 Å². The average molecular weight is 697 g/mol. The largest absolute Gasteiger partial charge is 0.382 e. The molecule has 0 spiro atoms. The molecule has 6 rings (SSSR count). The van der Waals surface area contributed by atoms with Gasteiger partial charge in [0.1, 0.15) is 6.04 Å². The van der Waals surface area contributed by atoms with Crippen LogP contribution in [0.1, 0.15) is 55.9 Å². The zero-order valence-corrected chi connectivity index (χ0v) is 27.5. The summed E-state index contributed by atoms with van der Waals surface area (Å²) in [6.45, 7) is 1.93. The number of anilines is 2. The Balaban J connectivity index is 0.869. The van der Waals surface area contributed by atoms with Crippen molar-refractivity contribution >= 4 is 57.7 Å². The second-order valence-electron chi connectivity index (χ2n) is 12.0. The molecule has 1 aromatic heterocycles. The summed E-state index contributed by atoms with van der Waals surface area (Å²) in [6, 6.07) is 18.4. The van der Waals surface area contributed by atoms with E-state index < -0.39 is 35.6 Å². The second-order valence-corrected chi connectivity index (χ2v) is 12.0. The third kappa shape index (κ3) is 7.96. The number of hydrogen-bond donors (Lipinski definition) is 5. The summed E-state index contributed by atoms with van der Waals surface area (Å²) < 4.78 is 13.1. The van der Waals surface area contributed by atoms with E-state index >= 15 is 0 Å². The summed E-state index contributed by atoms with van der Waals surface area (Å²) in [4.78, 5) is 75.1. The number of carbonyl (C=O) groups is 6. The molecule has 0 saturated carbocycles. The van der Waals surface area contributed by atoms with E-state index in [2.05, 4.69) is 16.0 Å². The molecule has 1 saturated heterocycles. The minimum atomic E-state index is -1.03. The summed E-state index contributed by atoms with van der Waals surface area (Å²) >= 11 is 0. The van der Waals surface area contributed by atoms with Gasteiger partial charge in [-0.25, -0.2) is 5.48 Å². The van der Waals surface area contributed by atoms with Crippen molar-refractivity contribution in [2.75, 3.05) is 43.6 Å². The lowest BCUT2D eigenvalue weighted by atomic mass is 10.0. The predicted molar refractivity (Wildman–Crippen MR) is 183 cm³/mol. The number of hydrogen-bond acceptors (Lipinski definition) is 10. The van der Waals surface area contributed by atoms with Crippen molar-refractivity contribution in [3.8, 4) is 0 Å². The second kappa shape index (κ2) is 15.8. The van der Waals surface area contributed by atoms with Crippen molar-refractivity contribution in [2.45, 2.75) is 31.8 Å². The topological polar surface area (TPSA) is 197 Å². The van der Waals surface area contributed by atoms with E-state index in [0.29, 0.717) is 30.0 Å². The van der Waals surface area contributed by atoms with Gasteiger partial charge in [0.25, 0.3) is 17.7 Å². The summed E-state index contributed by atoms with van der Waals surface area (Å²) in [5.74, 6) is -3.02. The van der Waals surface area contributed by atoms with Crippen LogP contribution in [0.2, 0.25) is 0 Å². The van der Waals surface area contributed by atoms with Crippen molar-refractivity contribution in [1.82, 2.24) is 20.3 Å². The molecule has 264 valence electrons. The Morgan fingerprint density at radius 2 is 1.69 bits per heavy atom. The minimum Gasteiger partial charge on any atom is -0.382 e. The first-order chi connectivity index (χ1) is 24.7. The van der Waals surface area contributed by atoms with Gasteiger partial charge >= 0.3 is 0 Å². The number of imide groups is 2. The van der Waals surface area contributed by atoms with Crippen LogP contribution < -0.4 is 21.4 Å². The number of nitrogens with zero attached hydrogens (tertiary/aromatic N) is 2. The summed E-state index contributed by atoms with van der Waals surface area (Å²) in [7, 11) is 0. The van der Waals surface area contributed by atoms with Gasteiger partial charge in [-0.1, -0.05) is 24.3 Å². The Bertz CT molecular complexity index is 1990. The molecule has 1 unspecified atom stereocenters. The number of rotatable bonds is 15. The highest BCUT2D eigenvalue weighted by Crippen LogP contribution is 2.32. The maximum Gasteiger partial charge on any atom is 0.274 e. The van der Waals surface area contributed by atoms with Gasteiger partial charge in [0, 0.05) is 48.2 Å². The number of ether oxygens (including phenoxy) is 2. The normalized spacial score (nSPS) is 15.5. The van der Waals surface area contributed by atoms with Crippen LogP contribution in [-0.4, -0.2) is 89.1 Å². The lowest BCUT2D eigenvalue weighted by molar-refractivity contribution is -0.136. The van der Waals surface area contributed by atoms with Gasteiger partial charge in [0.2, 0.25) is 17.7 Å². The molecule has 15 nitrogen and oxygen atoms in total. The minimum absolute atomic E-state index is 0.0489. The molecular formula is C36H36N6O9. The van der Waals surface area contributed by atoms with E-state index in [1.165, 1.54) is 6.07 Å². The average Bonchev–Trinajstić information content (AvgIpc) is 3.64. The van der Waals surface area contributed by atoms with Gasteiger partial charge < -0.3 is 24.7 Å². The highest BCUT2D eigenvalue weighted by atomic mass is 16.5. The first-order valence-electron chi connectivity index (χ1n) is 16.4. The van der Waals surface area contributed by atoms with E-state index in [0.717, 1.165) is 21.4 Å². The van der Waals surface area contributed by atoms with E-state index in [4.69, 9.17) is 14.7 Å². The molecule has 1 atom stereocenters. The highest BCUT2D eigenvalue weighted by Gasteiger charge is 2.45. The molecule has 0 radical (unpaired) electrons. The molecule has 2 aliphatic heterocycles. The molecular weight excluding hydrogens is 660 g/mol. The molecule has 0 bridgehead atoms.